The molecule has 164 valence electrons. The number of hydrogen-bond donors (Lipinski definition) is 1. The molecule has 0 aromatic carbocycles. The minimum Gasteiger partial charge on any atom is -0.396 e. The Balaban J connectivity index is 1.50. The SMILES string of the molecule is CC(CO)CC=C[C@@H](C)[C@H]1CC[C@H]2[C@@H]3CC=C4CC(C)CC[C@]4(C)[C@H]3CC[C@]12C. The molecule has 0 aliphatic heterocycles. The molecule has 0 bridgehead atoms. The molecule has 1 nitrogen and oxygen atoms in total. The van der Waals surface area contributed by atoms with Crippen molar-refractivity contribution in [3.8, 4) is 0 Å². The van der Waals surface area contributed by atoms with Crippen molar-refractivity contribution in [1.29, 1.82) is 0 Å². The predicted octanol–water partition coefficient (Wildman–Crippen LogP) is 7.41. The molecule has 0 radical (unpaired) electrons. The Labute approximate surface area is 180 Å². The number of hydrogen-bond acceptors (Lipinski definition) is 1. The van der Waals surface area contributed by atoms with Gasteiger partial charge in [-0.3, -0.25) is 0 Å². The third-order valence-electron chi connectivity index (χ3n) is 10.3. The van der Waals surface area contributed by atoms with Crippen molar-refractivity contribution in [3.63, 3.8) is 0 Å². The quantitative estimate of drug-likeness (QED) is 0.478. The first kappa shape index (κ1) is 21.7. The van der Waals surface area contributed by atoms with E-state index in [0.717, 1.165) is 36.0 Å². The monoisotopic (exact) mass is 398 g/mol. The van der Waals surface area contributed by atoms with Crippen LogP contribution in [0.4, 0.5) is 0 Å². The summed E-state index contributed by atoms with van der Waals surface area (Å²) in [4.78, 5) is 0. The van der Waals surface area contributed by atoms with Gasteiger partial charge >= 0.3 is 0 Å². The van der Waals surface area contributed by atoms with E-state index in [1.165, 1.54) is 51.4 Å². The van der Waals surface area contributed by atoms with Crippen molar-refractivity contribution in [2.75, 3.05) is 6.61 Å². The predicted molar refractivity (Wildman–Crippen MR) is 124 cm³/mol. The highest BCUT2D eigenvalue weighted by atomic mass is 16.3. The fourth-order valence-electron chi connectivity index (χ4n) is 8.48. The average Bonchev–Trinajstić information content (AvgIpc) is 3.05. The summed E-state index contributed by atoms with van der Waals surface area (Å²) in [5.74, 6) is 5.63. The van der Waals surface area contributed by atoms with Gasteiger partial charge < -0.3 is 5.11 Å². The van der Waals surface area contributed by atoms with Crippen LogP contribution >= 0.6 is 0 Å². The van der Waals surface area contributed by atoms with Crippen LogP contribution in [-0.2, 0) is 0 Å². The molecule has 0 aromatic rings. The summed E-state index contributed by atoms with van der Waals surface area (Å²) in [7, 11) is 0. The molecule has 2 unspecified atom stereocenters. The highest BCUT2D eigenvalue weighted by Gasteiger charge is 2.58. The maximum atomic E-state index is 9.30. The Morgan fingerprint density at radius 1 is 1.10 bits per heavy atom. The Morgan fingerprint density at radius 3 is 2.66 bits per heavy atom. The van der Waals surface area contributed by atoms with Crippen LogP contribution in [0.2, 0.25) is 0 Å². The summed E-state index contributed by atoms with van der Waals surface area (Å²) in [6, 6.07) is 0. The first-order chi connectivity index (χ1) is 13.8. The van der Waals surface area contributed by atoms with Gasteiger partial charge in [-0.1, -0.05) is 58.4 Å². The van der Waals surface area contributed by atoms with E-state index in [0.29, 0.717) is 29.3 Å². The molecule has 0 aromatic heterocycles. The van der Waals surface area contributed by atoms with Gasteiger partial charge in [-0.05, 0) is 110 Å². The van der Waals surface area contributed by atoms with Gasteiger partial charge in [-0.15, -0.1) is 0 Å². The minimum atomic E-state index is 0.304. The summed E-state index contributed by atoms with van der Waals surface area (Å²) >= 11 is 0. The van der Waals surface area contributed by atoms with Crippen LogP contribution in [-0.4, -0.2) is 11.7 Å². The molecule has 0 heterocycles. The van der Waals surface area contributed by atoms with E-state index in [-0.39, 0.29) is 0 Å². The fourth-order valence-corrected chi connectivity index (χ4v) is 8.48. The second kappa shape index (κ2) is 8.18. The second-order valence-corrected chi connectivity index (χ2v) is 12.1. The first-order valence-electron chi connectivity index (χ1n) is 12.8. The normalized spacial score (nSPS) is 46.6. The minimum absolute atomic E-state index is 0.304. The van der Waals surface area contributed by atoms with Gasteiger partial charge in [-0.2, -0.15) is 0 Å². The Hall–Kier alpha value is -0.560. The largest absolute Gasteiger partial charge is 0.396 e. The zero-order valence-electron chi connectivity index (χ0n) is 19.8. The molecular formula is C28H46O. The van der Waals surface area contributed by atoms with Gasteiger partial charge in [0.25, 0.3) is 0 Å². The van der Waals surface area contributed by atoms with E-state index >= 15 is 0 Å². The van der Waals surface area contributed by atoms with Crippen LogP contribution in [0.5, 0.6) is 0 Å². The topological polar surface area (TPSA) is 20.2 Å². The van der Waals surface area contributed by atoms with Crippen LogP contribution in [0.3, 0.4) is 0 Å². The summed E-state index contributed by atoms with van der Waals surface area (Å²) < 4.78 is 0. The van der Waals surface area contributed by atoms with Crippen LogP contribution in [0.25, 0.3) is 0 Å². The van der Waals surface area contributed by atoms with Crippen molar-refractivity contribution in [2.45, 2.75) is 92.4 Å². The van der Waals surface area contributed by atoms with E-state index in [1.807, 2.05) is 5.57 Å². The van der Waals surface area contributed by atoms with Crippen LogP contribution < -0.4 is 0 Å². The van der Waals surface area contributed by atoms with E-state index in [9.17, 15) is 5.11 Å². The third-order valence-corrected chi connectivity index (χ3v) is 10.3. The first-order valence-corrected chi connectivity index (χ1v) is 12.8. The number of fused-ring (bicyclic) bond motifs is 5. The van der Waals surface area contributed by atoms with Crippen molar-refractivity contribution < 1.29 is 5.11 Å². The molecule has 4 rings (SSSR count). The van der Waals surface area contributed by atoms with Crippen LogP contribution in [0, 0.1) is 52.3 Å². The lowest BCUT2D eigenvalue weighted by Crippen LogP contribution is -2.50. The lowest BCUT2D eigenvalue weighted by molar-refractivity contribution is -0.0486. The van der Waals surface area contributed by atoms with Gasteiger partial charge in [0.1, 0.15) is 0 Å². The Morgan fingerprint density at radius 2 is 1.90 bits per heavy atom. The Bertz CT molecular complexity index is 647. The van der Waals surface area contributed by atoms with E-state index in [1.54, 1.807) is 0 Å². The van der Waals surface area contributed by atoms with Gasteiger partial charge in [0, 0.05) is 6.61 Å². The number of aliphatic hydroxyl groups excluding tert-OH is 1. The molecule has 4 aliphatic rings. The lowest BCUT2D eigenvalue weighted by Gasteiger charge is -2.58. The highest BCUT2D eigenvalue weighted by Crippen LogP contribution is 2.67. The molecule has 1 N–H and O–H groups in total. The zero-order valence-corrected chi connectivity index (χ0v) is 19.8. The van der Waals surface area contributed by atoms with Crippen molar-refractivity contribution in [1.82, 2.24) is 0 Å². The number of allylic oxidation sites excluding steroid dienone is 4. The molecule has 0 spiro atoms. The van der Waals surface area contributed by atoms with E-state index in [2.05, 4.69) is 52.8 Å². The van der Waals surface area contributed by atoms with Gasteiger partial charge in [0.15, 0.2) is 0 Å². The van der Waals surface area contributed by atoms with Crippen molar-refractivity contribution in [3.05, 3.63) is 23.8 Å². The number of aliphatic hydroxyl groups is 1. The van der Waals surface area contributed by atoms with Gasteiger partial charge in [-0.25, -0.2) is 0 Å². The van der Waals surface area contributed by atoms with Gasteiger partial charge in [0.05, 0.1) is 0 Å². The highest BCUT2D eigenvalue weighted by molar-refractivity contribution is 5.25. The molecular weight excluding hydrogens is 352 g/mol. The molecule has 9 atom stereocenters. The molecule has 3 fully saturated rings. The zero-order chi connectivity index (χ0) is 20.8. The molecule has 4 aliphatic carbocycles. The summed E-state index contributed by atoms with van der Waals surface area (Å²) in [5.41, 5.74) is 2.89. The smallest absolute Gasteiger partial charge is 0.0459 e. The van der Waals surface area contributed by atoms with E-state index in [4.69, 9.17) is 0 Å². The van der Waals surface area contributed by atoms with Crippen molar-refractivity contribution >= 4 is 0 Å². The Kier molecular flexibility index (Phi) is 6.11. The molecule has 1 heteroatoms. The number of rotatable bonds is 5. The third kappa shape index (κ3) is 3.68. The molecule has 29 heavy (non-hydrogen) atoms. The lowest BCUT2D eigenvalue weighted by atomic mass is 9.46. The molecule has 0 saturated heterocycles. The standard InChI is InChI=1S/C28H46O/c1-19-13-15-27(4)22(17-19)9-10-23-25-12-11-24(28(25,5)16-14-26(23)27)21(3)8-6-7-20(2)18-29/h6,8-9,19-21,23-26,29H,7,10-18H2,1-5H3/t19?,20?,21-,23+,24-,25+,26+,27+,28-/m1/s1. The van der Waals surface area contributed by atoms with Crippen LogP contribution in [0.1, 0.15) is 92.4 Å². The average molecular weight is 399 g/mol. The summed E-state index contributed by atoms with van der Waals surface area (Å²) in [6.07, 6.45) is 20.0. The molecule has 3 saturated carbocycles. The molecule has 0 amide bonds. The maximum Gasteiger partial charge on any atom is 0.0459 e. The maximum absolute atomic E-state index is 9.30. The summed E-state index contributed by atoms with van der Waals surface area (Å²) in [6.45, 7) is 12.7. The van der Waals surface area contributed by atoms with Gasteiger partial charge in [0.2, 0.25) is 0 Å². The second-order valence-electron chi connectivity index (χ2n) is 12.1. The van der Waals surface area contributed by atoms with Crippen molar-refractivity contribution in [2.24, 2.45) is 52.3 Å². The van der Waals surface area contributed by atoms with E-state index < -0.39 is 0 Å². The fraction of sp³-hybridized carbons (Fsp3) is 0.857. The summed E-state index contributed by atoms with van der Waals surface area (Å²) in [5, 5.41) is 9.30. The van der Waals surface area contributed by atoms with Crippen LogP contribution in [0.15, 0.2) is 23.8 Å².